The number of carbonyl (C=O) groups excluding carboxylic acids is 2. The molecule has 2 unspecified atom stereocenters. The number of fused-ring (bicyclic) bond motifs is 1. The summed E-state index contributed by atoms with van der Waals surface area (Å²) in [7, 11) is 6.72. The first-order chi connectivity index (χ1) is 9.00. The molecule has 2 heterocycles. The Morgan fingerprint density at radius 2 is 1.47 bits per heavy atom. The molecule has 108 valence electrons. The van der Waals surface area contributed by atoms with Gasteiger partial charge in [-0.2, -0.15) is 5.06 Å². The Balaban J connectivity index is 2.58. The Morgan fingerprint density at radius 3 is 1.89 bits per heavy atom. The summed E-state index contributed by atoms with van der Waals surface area (Å²) in [5.41, 5.74) is 0. The summed E-state index contributed by atoms with van der Waals surface area (Å²) in [4.78, 5) is 40.6. The third-order valence-corrected chi connectivity index (χ3v) is 3.21. The lowest BCUT2D eigenvalue weighted by Gasteiger charge is -2.36. The fraction of sp³-hybridized carbons (Fsp3) is 0.778. The van der Waals surface area contributed by atoms with E-state index in [1.807, 2.05) is 0 Å². The van der Waals surface area contributed by atoms with E-state index in [2.05, 4.69) is 0 Å². The highest BCUT2D eigenvalue weighted by atomic mass is 16.8. The molecule has 10 heteroatoms. The summed E-state index contributed by atoms with van der Waals surface area (Å²) in [6.45, 7) is 0. The number of urea groups is 2. The maximum atomic E-state index is 12.2. The minimum atomic E-state index is -1.58. The van der Waals surface area contributed by atoms with E-state index in [9.17, 15) is 9.59 Å². The molecule has 10 nitrogen and oxygen atoms in total. The van der Waals surface area contributed by atoms with E-state index in [-0.39, 0.29) is 0 Å². The molecule has 2 aliphatic heterocycles. The largest absolute Gasteiger partial charge is 0.374 e. The van der Waals surface area contributed by atoms with Crippen molar-refractivity contribution in [1.29, 1.82) is 0 Å². The van der Waals surface area contributed by atoms with Crippen LogP contribution in [0.4, 0.5) is 9.59 Å². The van der Waals surface area contributed by atoms with Gasteiger partial charge >= 0.3 is 17.9 Å². The monoisotopic (exact) mass is 276 g/mol. The van der Waals surface area contributed by atoms with Gasteiger partial charge in [-0.1, -0.05) is 0 Å². The Morgan fingerprint density at radius 1 is 0.947 bits per heavy atom. The average Bonchev–Trinajstić information content (AvgIpc) is 2.78. The van der Waals surface area contributed by atoms with Crippen molar-refractivity contribution >= 4 is 12.1 Å². The van der Waals surface area contributed by atoms with E-state index in [1.54, 1.807) is 0 Å². The minimum absolute atomic E-state index is 0.494. The molecule has 2 rings (SSSR count). The van der Waals surface area contributed by atoms with Crippen LogP contribution in [-0.4, -0.2) is 79.7 Å². The first-order valence-electron chi connectivity index (χ1n) is 5.39. The van der Waals surface area contributed by atoms with Crippen molar-refractivity contribution in [3.8, 4) is 0 Å². The predicted molar refractivity (Wildman–Crippen MR) is 58.6 cm³/mol. The maximum absolute atomic E-state index is 12.2. The molecule has 2 aliphatic rings. The second kappa shape index (κ2) is 4.49. The molecule has 0 N–H and O–H groups in total. The molecule has 0 saturated carbocycles. The molecule has 4 amide bonds. The van der Waals surface area contributed by atoms with Gasteiger partial charge < -0.3 is 4.74 Å². The molecule has 0 aromatic rings. The van der Waals surface area contributed by atoms with Crippen LogP contribution in [0.25, 0.3) is 0 Å². The van der Waals surface area contributed by atoms with E-state index < -0.39 is 24.1 Å². The van der Waals surface area contributed by atoms with Gasteiger partial charge in [-0.15, -0.1) is 10.1 Å². The number of rotatable bonds is 4. The first-order valence-corrected chi connectivity index (χ1v) is 5.39. The zero-order chi connectivity index (χ0) is 14.4. The van der Waals surface area contributed by atoms with Crippen molar-refractivity contribution in [2.75, 3.05) is 35.5 Å². The predicted octanol–water partition coefficient (Wildman–Crippen LogP) is -0.598. The normalized spacial score (nSPS) is 30.7. The van der Waals surface area contributed by atoms with Crippen LogP contribution in [0.15, 0.2) is 0 Å². The molecule has 19 heavy (non-hydrogen) atoms. The van der Waals surface area contributed by atoms with Gasteiger partial charge in [0, 0.05) is 14.2 Å². The second-order valence-electron chi connectivity index (χ2n) is 3.87. The average molecular weight is 276 g/mol. The van der Waals surface area contributed by atoms with Crippen molar-refractivity contribution in [2.24, 2.45) is 0 Å². The van der Waals surface area contributed by atoms with Gasteiger partial charge in [0.2, 0.25) is 6.17 Å². The van der Waals surface area contributed by atoms with Crippen molar-refractivity contribution < 1.29 is 28.8 Å². The topological polar surface area (TPSA) is 84.0 Å². The van der Waals surface area contributed by atoms with E-state index in [1.165, 1.54) is 40.4 Å². The lowest BCUT2D eigenvalue weighted by molar-refractivity contribution is -0.359. The third kappa shape index (κ3) is 1.39. The van der Waals surface area contributed by atoms with Gasteiger partial charge in [-0.25, -0.2) is 9.59 Å². The minimum Gasteiger partial charge on any atom is -0.335 e. The number of likely N-dealkylation sites (N-methyl/N-ethyl adjacent to an activating group) is 1. The van der Waals surface area contributed by atoms with Crippen LogP contribution < -0.4 is 0 Å². The molecule has 2 fully saturated rings. The van der Waals surface area contributed by atoms with Crippen LogP contribution in [0.1, 0.15) is 0 Å². The van der Waals surface area contributed by atoms with Crippen LogP contribution in [0, 0.1) is 0 Å². The summed E-state index contributed by atoms with van der Waals surface area (Å²) in [6, 6.07) is -1.11. The maximum Gasteiger partial charge on any atom is 0.374 e. The molecule has 0 radical (unpaired) electrons. The number of amides is 4. The Kier molecular flexibility index (Phi) is 3.26. The summed E-state index contributed by atoms with van der Waals surface area (Å²) in [5, 5.41) is 2.77. The highest BCUT2D eigenvalue weighted by molar-refractivity contribution is 5.84. The van der Waals surface area contributed by atoms with Crippen LogP contribution >= 0.6 is 0 Å². The lowest BCUT2D eigenvalue weighted by atomic mass is 10.3. The molecule has 0 spiro atoms. The number of hydroxylamine groups is 6. The molecular formula is C9H16N4O6. The van der Waals surface area contributed by atoms with E-state index in [4.69, 9.17) is 19.2 Å². The molecule has 0 aliphatic carbocycles. The summed E-state index contributed by atoms with van der Waals surface area (Å²) in [6.07, 6.45) is -0.873. The smallest absolute Gasteiger partial charge is 0.335 e. The molecule has 0 aromatic carbocycles. The highest BCUT2D eigenvalue weighted by Crippen LogP contribution is 2.43. The summed E-state index contributed by atoms with van der Waals surface area (Å²) >= 11 is 0. The number of carbonyl (C=O) groups is 2. The number of hydrogen-bond acceptors (Lipinski definition) is 6. The fourth-order valence-electron chi connectivity index (χ4n) is 2.44. The summed E-state index contributed by atoms with van der Waals surface area (Å²) < 4.78 is 5.37. The molecule has 0 aromatic heterocycles. The van der Waals surface area contributed by atoms with Crippen molar-refractivity contribution in [2.45, 2.75) is 12.0 Å². The molecular weight excluding hydrogens is 260 g/mol. The van der Waals surface area contributed by atoms with Crippen LogP contribution in [0.2, 0.25) is 0 Å². The van der Waals surface area contributed by atoms with Gasteiger partial charge in [-0.3, -0.25) is 19.4 Å². The Hall–Kier alpha value is -1.62. The van der Waals surface area contributed by atoms with Gasteiger partial charge in [0.25, 0.3) is 0 Å². The quantitative estimate of drug-likeness (QED) is 0.682. The standard InChI is InChI=1S/C9H16N4O6/c1-10-6-9(16-2,12(18-4)7(10)14)13(19-5)8(15)11(6)17-3/h6H,1-5H3. The van der Waals surface area contributed by atoms with Gasteiger partial charge in [0.15, 0.2) is 0 Å². The van der Waals surface area contributed by atoms with E-state index >= 15 is 0 Å². The number of nitrogens with zero attached hydrogens (tertiary/aromatic N) is 4. The lowest BCUT2D eigenvalue weighted by Crippen LogP contribution is -2.60. The highest BCUT2D eigenvalue weighted by Gasteiger charge is 2.73. The van der Waals surface area contributed by atoms with Crippen LogP contribution in [0.5, 0.6) is 0 Å². The van der Waals surface area contributed by atoms with Crippen molar-refractivity contribution in [3.63, 3.8) is 0 Å². The third-order valence-electron chi connectivity index (χ3n) is 3.21. The van der Waals surface area contributed by atoms with Crippen molar-refractivity contribution in [3.05, 3.63) is 0 Å². The number of ether oxygens (including phenoxy) is 1. The zero-order valence-electron chi connectivity index (χ0n) is 11.3. The number of hydrogen-bond donors (Lipinski definition) is 0. The Labute approximate surface area is 109 Å². The molecule has 2 saturated heterocycles. The first kappa shape index (κ1) is 13.8. The van der Waals surface area contributed by atoms with Crippen molar-refractivity contribution in [1.82, 2.24) is 20.1 Å². The van der Waals surface area contributed by atoms with E-state index in [0.717, 1.165) is 15.2 Å². The zero-order valence-corrected chi connectivity index (χ0v) is 11.3. The van der Waals surface area contributed by atoms with Gasteiger partial charge in [-0.05, 0) is 0 Å². The fourth-order valence-corrected chi connectivity index (χ4v) is 2.44. The number of methoxy groups -OCH3 is 1. The summed E-state index contributed by atoms with van der Waals surface area (Å²) in [5.74, 6) is -1.58. The molecule has 2 atom stereocenters. The van der Waals surface area contributed by atoms with Gasteiger partial charge in [0.1, 0.15) is 0 Å². The molecule has 0 bridgehead atoms. The van der Waals surface area contributed by atoms with E-state index in [0.29, 0.717) is 0 Å². The van der Waals surface area contributed by atoms with Gasteiger partial charge in [0.05, 0.1) is 21.3 Å². The van der Waals surface area contributed by atoms with Crippen LogP contribution in [-0.2, 0) is 19.2 Å². The SMILES string of the molecule is CON1C(=O)N(OC)C2(OC)C1N(C)C(=O)N2OC. The Bertz CT molecular complexity index is 406. The second-order valence-corrected chi connectivity index (χ2v) is 3.87. The van der Waals surface area contributed by atoms with Crippen LogP contribution in [0.3, 0.4) is 0 Å².